The predicted molar refractivity (Wildman–Crippen MR) is 76.8 cm³/mol. The van der Waals surface area contributed by atoms with Gasteiger partial charge in [0.25, 0.3) is 0 Å². The van der Waals surface area contributed by atoms with E-state index >= 15 is 0 Å². The largest absolute Gasteiger partial charge is 0.374 e. The second-order valence-electron chi connectivity index (χ2n) is 6.65. The summed E-state index contributed by atoms with van der Waals surface area (Å²) in [6.07, 6.45) is 0.333. The highest BCUT2D eigenvalue weighted by atomic mass is 16.5. The fourth-order valence-corrected chi connectivity index (χ4v) is 2.53. The van der Waals surface area contributed by atoms with Crippen molar-refractivity contribution < 1.29 is 4.74 Å². The Balaban J connectivity index is 2.37. The lowest BCUT2D eigenvalue weighted by molar-refractivity contribution is -0.0519. The molecule has 1 aliphatic heterocycles. The molecule has 4 nitrogen and oxygen atoms in total. The molecule has 1 aliphatic rings. The highest BCUT2D eigenvalue weighted by Gasteiger charge is 2.25. The zero-order valence-corrected chi connectivity index (χ0v) is 12.8. The molecule has 0 aliphatic carbocycles. The van der Waals surface area contributed by atoms with E-state index in [-0.39, 0.29) is 5.41 Å². The van der Waals surface area contributed by atoms with Crippen LogP contribution in [-0.4, -0.2) is 68.3 Å². The Morgan fingerprint density at radius 3 is 2.67 bits per heavy atom. The molecule has 1 fully saturated rings. The minimum Gasteiger partial charge on any atom is -0.374 e. The van der Waals surface area contributed by atoms with Crippen LogP contribution in [0, 0.1) is 5.41 Å². The van der Waals surface area contributed by atoms with E-state index in [2.05, 4.69) is 44.5 Å². The highest BCUT2D eigenvalue weighted by Crippen LogP contribution is 2.15. The van der Waals surface area contributed by atoms with Crippen LogP contribution in [0.1, 0.15) is 27.7 Å². The van der Waals surface area contributed by atoms with Gasteiger partial charge < -0.3 is 15.4 Å². The molecule has 4 heteroatoms. The molecule has 0 saturated carbocycles. The van der Waals surface area contributed by atoms with Gasteiger partial charge >= 0.3 is 0 Å². The van der Waals surface area contributed by atoms with Crippen molar-refractivity contribution in [1.29, 1.82) is 0 Å². The van der Waals surface area contributed by atoms with Gasteiger partial charge in [0.1, 0.15) is 0 Å². The Morgan fingerprint density at radius 1 is 1.44 bits per heavy atom. The first-order chi connectivity index (χ1) is 8.34. The second kappa shape index (κ2) is 6.85. The van der Waals surface area contributed by atoms with Gasteiger partial charge in [-0.05, 0) is 32.9 Å². The lowest BCUT2D eigenvalue weighted by Gasteiger charge is -2.38. The van der Waals surface area contributed by atoms with Crippen molar-refractivity contribution in [3.05, 3.63) is 0 Å². The molecule has 0 spiro atoms. The Hall–Kier alpha value is -0.160. The van der Waals surface area contributed by atoms with Crippen LogP contribution in [0.15, 0.2) is 0 Å². The Labute approximate surface area is 112 Å². The first kappa shape index (κ1) is 15.9. The summed E-state index contributed by atoms with van der Waals surface area (Å²) in [6, 6.07) is 0.613. The summed E-state index contributed by atoms with van der Waals surface area (Å²) in [7, 11) is 2.16. The minimum atomic E-state index is 0.182. The van der Waals surface area contributed by atoms with Crippen molar-refractivity contribution in [2.24, 2.45) is 11.1 Å². The third-order valence-electron chi connectivity index (χ3n) is 3.67. The zero-order valence-electron chi connectivity index (χ0n) is 12.8. The predicted octanol–water partition coefficient (Wildman–Crippen LogP) is 1.01. The number of hydrogen-bond donors (Lipinski definition) is 1. The van der Waals surface area contributed by atoms with Crippen LogP contribution in [0.5, 0.6) is 0 Å². The fourth-order valence-electron chi connectivity index (χ4n) is 2.53. The lowest BCUT2D eigenvalue weighted by atomic mass is 9.93. The SMILES string of the molecule is CC(C)N1CCOC(CN(C)CC(C)(C)CN)C1. The molecule has 0 radical (unpaired) electrons. The summed E-state index contributed by atoms with van der Waals surface area (Å²) in [5.74, 6) is 0. The van der Waals surface area contributed by atoms with E-state index in [1.54, 1.807) is 0 Å². The van der Waals surface area contributed by atoms with Crippen LogP contribution < -0.4 is 5.73 Å². The maximum absolute atomic E-state index is 5.86. The van der Waals surface area contributed by atoms with Gasteiger partial charge in [-0.25, -0.2) is 0 Å². The molecule has 1 unspecified atom stereocenters. The zero-order chi connectivity index (χ0) is 13.8. The van der Waals surface area contributed by atoms with Crippen LogP contribution in [0.3, 0.4) is 0 Å². The maximum atomic E-state index is 5.86. The molecule has 0 aromatic rings. The van der Waals surface area contributed by atoms with Crippen molar-refractivity contribution in [2.75, 3.05) is 46.4 Å². The van der Waals surface area contributed by atoms with Crippen molar-refractivity contribution in [1.82, 2.24) is 9.80 Å². The number of nitrogens with zero attached hydrogens (tertiary/aromatic N) is 2. The first-order valence-corrected chi connectivity index (χ1v) is 7.08. The summed E-state index contributed by atoms with van der Waals surface area (Å²) in [4.78, 5) is 4.84. The van der Waals surface area contributed by atoms with E-state index in [9.17, 15) is 0 Å². The third kappa shape index (κ3) is 5.22. The van der Waals surface area contributed by atoms with Gasteiger partial charge in [-0.1, -0.05) is 13.8 Å². The van der Waals surface area contributed by atoms with Crippen LogP contribution in [0.2, 0.25) is 0 Å². The summed E-state index contributed by atoms with van der Waals surface area (Å²) in [5, 5.41) is 0. The highest BCUT2D eigenvalue weighted by molar-refractivity contribution is 4.79. The second-order valence-corrected chi connectivity index (χ2v) is 6.65. The summed E-state index contributed by atoms with van der Waals surface area (Å²) >= 11 is 0. The molecule has 0 bridgehead atoms. The molecule has 1 heterocycles. The van der Waals surface area contributed by atoms with Crippen LogP contribution in [-0.2, 0) is 4.74 Å². The van der Waals surface area contributed by atoms with E-state index in [0.29, 0.717) is 12.1 Å². The maximum Gasteiger partial charge on any atom is 0.0829 e. The van der Waals surface area contributed by atoms with Crippen LogP contribution >= 0.6 is 0 Å². The molecule has 0 amide bonds. The van der Waals surface area contributed by atoms with Crippen molar-refractivity contribution in [2.45, 2.75) is 39.8 Å². The number of likely N-dealkylation sites (N-methyl/N-ethyl adjacent to an activating group) is 1. The molecule has 108 valence electrons. The van der Waals surface area contributed by atoms with E-state index in [1.165, 1.54) is 0 Å². The van der Waals surface area contributed by atoms with Gasteiger partial charge in [-0.15, -0.1) is 0 Å². The topological polar surface area (TPSA) is 41.7 Å². The Bertz CT molecular complexity index is 243. The van der Waals surface area contributed by atoms with Gasteiger partial charge in [-0.2, -0.15) is 0 Å². The molecule has 0 aromatic carbocycles. The van der Waals surface area contributed by atoms with Crippen LogP contribution in [0.4, 0.5) is 0 Å². The Morgan fingerprint density at radius 2 is 2.11 bits per heavy atom. The first-order valence-electron chi connectivity index (χ1n) is 7.08. The molecule has 0 aromatic heterocycles. The normalized spacial score (nSPS) is 23.0. The monoisotopic (exact) mass is 257 g/mol. The van der Waals surface area contributed by atoms with Gasteiger partial charge in [-0.3, -0.25) is 4.90 Å². The lowest BCUT2D eigenvalue weighted by Crippen LogP contribution is -2.50. The van der Waals surface area contributed by atoms with Gasteiger partial charge in [0, 0.05) is 32.2 Å². The summed E-state index contributed by atoms with van der Waals surface area (Å²) < 4.78 is 5.86. The Kier molecular flexibility index (Phi) is 6.05. The van der Waals surface area contributed by atoms with Gasteiger partial charge in [0.2, 0.25) is 0 Å². The van der Waals surface area contributed by atoms with E-state index < -0.39 is 0 Å². The van der Waals surface area contributed by atoms with E-state index in [0.717, 1.165) is 39.3 Å². The van der Waals surface area contributed by atoms with Crippen molar-refractivity contribution in [3.8, 4) is 0 Å². The molecule has 1 saturated heterocycles. The van der Waals surface area contributed by atoms with Gasteiger partial charge in [0.15, 0.2) is 0 Å². The average molecular weight is 257 g/mol. The minimum absolute atomic E-state index is 0.182. The smallest absolute Gasteiger partial charge is 0.0829 e. The number of hydrogen-bond acceptors (Lipinski definition) is 4. The van der Waals surface area contributed by atoms with Crippen molar-refractivity contribution >= 4 is 0 Å². The summed E-state index contributed by atoms with van der Waals surface area (Å²) in [5.41, 5.74) is 5.97. The van der Waals surface area contributed by atoms with Gasteiger partial charge in [0.05, 0.1) is 12.7 Å². The average Bonchev–Trinajstić information content (AvgIpc) is 2.28. The molecule has 18 heavy (non-hydrogen) atoms. The standard InChI is InChI=1S/C14H31N3O/c1-12(2)17-6-7-18-13(9-17)8-16(5)11-14(3,4)10-15/h12-13H,6-11,15H2,1-5H3. The number of nitrogens with two attached hydrogens (primary N) is 1. The molecule has 1 rings (SSSR count). The molecular weight excluding hydrogens is 226 g/mol. The molecule has 1 atom stereocenters. The number of rotatable bonds is 6. The van der Waals surface area contributed by atoms with Crippen molar-refractivity contribution in [3.63, 3.8) is 0 Å². The fraction of sp³-hybridized carbons (Fsp3) is 1.00. The van der Waals surface area contributed by atoms with Crippen LogP contribution in [0.25, 0.3) is 0 Å². The van der Waals surface area contributed by atoms with E-state index in [1.807, 2.05) is 0 Å². The number of morpholine rings is 1. The number of ether oxygens (including phenoxy) is 1. The third-order valence-corrected chi connectivity index (χ3v) is 3.67. The quantitative estimate of drug-likeness (QED) is 0.771. The summed E-state index contributed by atoms with van der Waals surface area (Å²) in [6.45, 7) is 14.6. The molecular formula is C14H31N3O. The molecule has 2 N–H and O–H groups in total. The van der Waals surface area contributed by atoms with E-state index in [4.69, 9.17) is 10.5 Å².